The Morgan fingerprint density at radius 1 is 1.04 bits per heavy atom. The molecule has 0 radical (unpaired) electrons. The van der Waals surface area contributed by atoms with E-state index in [2.05, 4.69) is 41.1 Å². The molecule has 138 valence electrons. The fourth-order valence-corrected chi connectivity index (χ4v) is 3.21. The molecule has 0 aliphatic carbocycles. The van der Waals surface area contributed by atoms with Crippen molar-refractivity contribution in [3.63, 3.8) is 0 Å². The largest absolute Gasteiger partial charge is 0.356 e. The molecule has 4 nitrogen and oxygen atoms in total. The van der Waals surface area contributed by atoms with Gasteiger partial charge in [-0.1, -0.05) is 45.2 Å². The number of imidazole rings is 1. The highest BCUT2D eigenvalue weighted by Gasteiger charge is 2.09. The van der Waals surface area contributed by atoms with Crippen LogP contribution < -0.4 is 5.32 Å². The van der Waals surface area contributed by atoms with E-state index in [0.29, 0.717) is 6.42 Å². The Morgan fingerprint density at radius 3 is 2.68 bits per heavy atom. The predicted molar refractivity (Wildman–Crippen MR) is 105 cm³/mol. The summed E-state index contributed by atoms with van der Waals surface area (Å²) >= 11 is 0. The van der Waals surface area contributed by atoms with Crippen LogP contribution in [-0.2, 0) is 17.8 Å². The van der Waals surface area contributed by atoms with Crippen molar-refractivity contribution >= 4 is 16.9 Å². The van der Waals surface area contributed by atoms with Crippen LogP contribution in [0.3, 0.4) is 0 Å². The van der Waals surface area contributed by atoms with Crippen molar-refractivity contribution in [2.24, 2.45) is 0 Å². The first kappa shape index (κ1) is 19.5. The maximum atomic E-state index is 11.4. The molecule has 1 amide bonds. The molecule has 4 heteroatoms. The summed E-state index contributed by atoms with van der Waals surface area (Å²) in [5.41, 5.74) is 2.38. The van der Waals surface area contributed by atoms with Gasteiger partial charge in [0.1, 0.15) is 5.82 Å². The third-order valence-corrected chi connectivity index (χ3v) is 4.60. The maximum absolute atomic E-state index is 11.4. The van der Waals surface area contributed by atoms with E-state index in [4.69, 9.17) is 4.98 Å². The second-order valence-corrected chi connectivity index (χ2v) is 6.79. The van der Waals surface area contributed by atoms with Crippen LogP contribution in [0.1, 0.15) is 71.0 Å². The van der Waals surface area contributed by atoms with Gasteiger partial charge in [-0.3, -0.25) is 4.79 Å². The Kier molecular flexibility index (Phi) is 8.50. The molecule has 0 saturated carbocycles. The second kappa shape index (κ2) is 10.9. The lowest BCUT2D eigenvalue weighted by atomic mass is 10.2. The van der Waals surface area contributed by atoms with Crippen molar-refractivity contribution in [1.82, 2.24) is 14.9 Å². The monoisotopic (exact) mass is 343 g/mol. The number of hydrogen-bond donors (Lipinski definition) is 1. The maximum Gasteiger partial charge on any atom is 0.219 e. The molecule has 0 fully saturated rings. The Bertz CT molecular complexity index is 648. The quantitative estimate of drug-likeness (QED) is 0.560. The molecule has 2 rings (SSSR count). The van der Waals surface area contributed by atoms with Crippen molar-refractivity contribution in [2.75, 3.05) is 6.54 Å². The lowest BCUT2D eigenvalue weighted by Crippen LogP contribution is -2.23. The van der Waals surface area contributed by atoms with Crippen LogP contribution in [0.4, 0.5) is 0 Å². The van der Waals surface area contributed by atoms with Crippen LogP contribution in [0, 0.1) is 0 Å². The summed E-state index contributed by atoms with van der Waals surface area (Å²) in [6.07, 6.45) is 9.60. The first-order valence-corrected chi connectivity index (χ1v) is 9.97. The van der Waals surface area contributed by atoms with Crippen LogP contribution in [0.15, 0.2) is 24.3 Å². The molecule has 0 aliphatic heterocycles. The van der Waals surface area contributed by atoms with Crippen LogP contribution in [0.2, 0.25) is 0 Å². The van der Waals surface area contributed by atoms with Gasteiger partial charge in [-0.05, 0) is 37.8 Å². The van der Waals surface area contributed by atoms with Crippen molar-refractivity contribution in [3.05, 3.63) is 30.1 Å². The molecular weight excluding hydrogens is 310 g/mol. The Hall–Kier alpha value is -1.84. The van der Waals surface area contributed by atoms with Gasteiger partial charge >= 0.3 is 0 Å². The summed E-state index contributed by atoms with van der Waals surface area (Å²) in [6, 6.07) is 8.46. The van der Waals surface area contributed by atoms with Crippen LogP contribution in [0.25, 0.3) is 11.0 Å². The highest BCUT2D eigenvalue weighted by Crippen LogP contribution is 2.19. The van der Waals surface area contributed by atoms with Gasteiger partial charge in [0, 0.05) is 25.9 Å². The first-order valence-electron chi connectivity index (χ1n) is 9.97. The number of benzene rings is 1. The zero-order valence-electron chi connectivity index (χ0n) is 15.9. The highest BCUT2D eigenvalue weighted by molar-refractivity contribution is 5.76. The molecule has 0 atom stereocenters. The smallest absolute Gasteiger partial charge is 0.219 e. The van der Waals surface area contributed by atoms with E-state index in [0.717, 1.165) is 50.7 Å². The highest BCUT2D eigenvalue weighted by atomic mass is 16.1. The van der Waals surface area contributed by atoms with Gasteiger partial charge in [-0.2, -0.15) is 0 Å². The van der Waals surface area contributed by atoms with Gasteiger partial charge in [-0.25, -0.2) is 4.98 Å². The Morgan fingerprint density at radius 2 is 1.88 bits per heavy atom. The van der Waals surface area contributed by atoms with E-state index in [1.165, 1.54) is 30.6 Å². The van der Waals surface area contributed by atoms with Gasteiger partial charge in [0.05, 0.1) is 11.0 Å². The number of hydrogen-bond acceptors (Lipinski definition) is 2. The standard InChI is InChI=1S/C21H33N3O/c1-3-5-11-17-24-19-14-9-8-13-18(19)23-20(24)15-7-6-10-16-22-21(25)12-4-2/h8-9,13-14H,3-7,10-12,15-17H2,1-2H3,(H,22,25). The topological polar surface area (TPSA) is 46.9 Å². The number of unbranched alkanes of at least 4 members (excludes halogenated alkanes) is 4. The number of fused-ring (bicyclic) bond motifs is 1. The van der Waals surface area contributed by atoms with Crippen molar-refractivity contribution in [1.29, 1.82) is 0 Å². The predicted octanol–water partition coefficient (Wildman–Crippen LogP) is 4.86. The molecule has 2 aromatic rings. The number of carbonyl (C=O) groups is 1. The lowest BCUT2D eigenvalue weighted by molar-refractivity contribution is -0.121. The van der Waals surface area contributed by atoms with Gasteiger partial charge in [0.2, 0.25) is 5.91 Å². The van der Waals surface area contributed by atoms with Crippen LogP contribution >= 0.6 is 0 Å². The molecule has 1 aromatic carbocycles. The van der Waals surface area contributed by atoms with Gasteiger partial charge < -0.3 is 9.88 Å². The number of para-hydroxylation sites is 2. The normalized spacial score (nSPS) is 11.1. The molecule has 0 bridgehead atoms. The summed E-state index contributed by atoms with van der Waals surface area (Å²) < 4.78 is 2.41. The molecule has 0 aliphatic rings. The number of rotatable bonds is 12. The average Bonchev–Trinajstić information content (AvgIpc) is 2.96. The van der Waals surface area contributed by atoms with Crippen molar-refractivity contribution in [2.45, 2.75) is 78.2 Å². The first-order chi connectivity index (χ1) is 12.3. The number of amides is 1. The number of nitrogens with one attached hydrogen (secondary N) is 1. The van der Waals surface area contributed by atoms with Gasteiger partial charge in [0.15, 0.2) is 0 Å². The zero-order chi connectivity index (χ0) is 17.9. The third kappa shape index (κ3) is 6.18. The minimum Gasteiger partial charge on any atom is -0.356 e. The summed E-state index contributed by atoms with van der Waals surface area (Å²) in [5, 5.41) is 2.99. The fraction of sp³-hybridized carbons (Fsp3) is 0.619. The Labute approximate surface area is 152 Å². The fourth-order valence-electron chi connectivity index (χ4n) is 3.21. The number of nitrogens with zero attached hydrogens (tertiary/aromatic N) is 2. The summed E-state index contributed by atoms with van der Waals surface area (Å²) in [6.45, 7) is 6.14. The SMILES string of the molecule is CCCCCn1c(CCCCCNC(=O)CCC)nc2ccccc21. The van der Waals surface area contributed by atoms with Crippen LogP contribution in [0.5, 0.6) is 0 Å². The molecule has 25 heavy (non-hydrogen) atoms. The second-order valence-electron chi connectivity index (χ2n) is 6.79. The molecule has 0 unspecified atom stereocenters. The Balaban J connectivity index is 1.83. The minimum absolute atomic E-state index is 0.181. The van der Waals surface area contributed by atoms with E-state index in [1.54, 1.807) is 0 Å². The summed E-state index contributed by atoms with van der Waals surface area (Å²) in [4.78, 5) is 16.3. The van der Waals surface area contributed by atoms with Crippen molar-refractivity contribution < 1.29 is 4.79 Å². The van der Waals surface area contributed by atoms with E-state index < -0.39 is 0 Å². The molecule has 1 heterocycles. The van der Waals surface area contributed by atoms with E-state index in [-0.39, 0.29) is 5.91 Å². The van der Waals surface area contributed by atoms with Crippen molar-refractivity contribution in [3.8, 4) is 0 Å². The van der Waals surface area contributed by atoms with Gasteiger partial charge in [-0.15, -0.1) is 0 Å². The number of aryl methyl sites for hydroxylation is 2. The molecular formula is C21H33N3O. The zero-order valence-corrected chi connectivity index (χ0v) is 15.9. The minimum atomic E-state index is 0.181. The summed E-state index contributed by atoms with van der Waals surface area (Å²) in [5.74, 6) is 1.40. The van der Waals surface area contributed by atoms with Gasteiger partial charge in [0.25, 0.3) is 0 Å². The van der Waals surface area contributed by atoms with E-state index in [1.807, 2.05) is 6.92 Å². The molecule has 0 saturated heterocycles. The van der Waals surface area contributed by atoms with Crippen LogP contribution in [-0.4, -0.2) is 22.0 Å². The molecule has 1 N–H and O–H groups in total. The molecule has 0 spiro atoms. The molecule has 1 aromatic heterocycles. The number of aromatic nitrogens is 2. The average molecular weight is 344 g/mol. The van der Waals surface area contributed by atoms with E-state index >= 15 is 0 Å². The lowest BCUT2D eigenvalue weighted by Gasteiger charge is -2.09. The number of carbonyl (C=O) groups excluding carboxylic acids is 1. The third-order valence-electron chi connectivity index (χ3n) is 4.60. The van der Waals surface area contributed by atoms with E-state index in [9.17, 15) is 4.79 Å². The summed E-state index contributed by atoms with van der Waals surface area (Å²) in [7, 11) is 0.